The predicted octanol–water partition coefficient (Wildman–Crippen LogP) is 3.50. The average Bonchev–Trinajstić information content (AvgIpc) is 2.36. The predicted molar refractivity (Wildman–Crippen MR) is 72.1 cm³/mol. The maximum atomic E-state index is 11.8. The van der Waals surface area contributed by atoms with Crippen molar-refractivity contribution in [1.29, 1.82) is 0 Å². The molecule has 0 saturated heterocycles. The van der Waals surface area contributed by atoms with Crippen LogP contribution in [0, 0.1) is 0 Å². The number of carbonyl (C=O) groups is 1. The van der Waals surface area contributed by atoms with Crippen LogP contribution >= 0.6 is 11.6 Å². The number of halogens is 1. The molecule has 18 heavy (non-hydrogen) atoms. The van der Waals surface area contributed by atoms with E-state index in [9.17, 15) is 9.90 Å². The summed E-state index contributed by atoms with van der Waals surface area (Å²) in [5.41, 5.74) is 0.329. The Balaban J connectivity index is 1.92. The van der Waals surface area contributed by atoms with Crippen LogP contribution in [0.25, 0.3) is 0 Å². The second kappa shape index (κ2) is 5.96. The SMILES string of the molecule is O=C(Nc1cccc(Cl)c1O)NC1CCCCC1. The van der Waals surface area contributed by atoms with E-state index < -0.39 is 0 Å². The second-order valence-corrected chi connectivity index (χ2v) is 4.98. The Hall–Kier alpha value is -1.42. The molecule has 0 radical (unpaired) electrons. The fourth-order valence-corrected chi connectivity index (χ4v) is 2.38. The Morgan fingerprint density at radius 2 is 2.00 bits per heavy atom. The lowest BCUT2D eigenvalue weighted by Crippen LogP contribution is -2.39. The van der Waals surface area contributed by atoms with Gasteiger partial charge in [0.15, 0.2) is 5.75 Å². The van der Waals surface area contributed by atoms with E-state index in [0.717, 1.165) is 25.7 Å². The third-order valence-corrected chi connectivity index (χ3v) is 3.48. The van der Waals surface area contributed by atoms with Crippen molar-refractivity contribution in [2.75, 3.05) is 5.32 Å². The fraction of sp³-hybridized carbons (Fsp3) is 0.462. The molecule has 98 valence electrons. The molecule has 5 heteroatoms. The number of nitrogens with one attached hydrogen (secondary N) is 2. The zero-order chi connectivity index (χ0) is 13.0. The van der Waals surface area contributed by atoms with E-state index in [-0.39, 0.29) is 22.8 Å². The molecule has 1 fully saturated rings. The van der Waals surface area contributed by atoms with Gasteiger partial charge in [-0.1, -0.05) is 36.9 Å². The van der Waals surface area contributed by atoms with Crippen LogP contribution in [0.2, 0.25) is 5.02 Å². The number of rotatable bonds is 2. The van der Waals surface area contributed by atoms with Gasteiger partial charge < -0.3 is 15.7 Å². The number of hydrogen-bond acceptors (Lipinski definition) is 2. The van der Waals surface area contributed by atoms with Gasteiger partial charge in [-0.2, -0.15) is 0 Å². The van der Waals surface area contributed by atoms with E-state index in [1.165, 1.54) is 6.42 Å². The summed E-state index contributed by atoms with van der Waals surface area (Å²) in [7, 11) is 0. The van der Waals surface area contributed by atoms with E-state index in [2.05, 4.69) is 10.6 Å². The molecule has 0 bridgehead atoms. The normalized spacial score (nSPS) is 16.3. The third-order valence-electron chi connectivity index (χ3n) is 3.18. The molecule has 2 rings (SSSR count). The van der Waals surface area contributed by atoms with Gasteiger partial charge in [0.05, 0.1) is 10.7 Å². The minimum absolute atomic E-state index is 0.0991. The van der Waals surface area contributed by atoms with Crippen LogP contribution in [0.5, 0.6) is 5.75 Å². The van der Waals surface area contributed by atoms with Gasteiger partial charge in [0, 0.05) is 6.04 Å². The summed E-state index contributed by atoms with van der Waals surface area (Å²) in [5.74, 6) is -0.0991. The zero-order valence-corrected chi connectivity index (χ0v) is 10.8. The first-order chi connectivity index (χ1) is 8.66. The topological polar surface area (TPSA) is 61.4 Å². The molecular formula is C13H17ClN2O2. The number of benzene rings is 1. The van der Waals surface area contributed by atoms with Gasteiger partial charge in [0.1, 0.15) is 0 Å². The second-order valence-electron chi connectivity index (χ2n) is 4.57. The number of phenolic OH excluding ortho intramolecular Hbond substituents is 1. The molecule has 3 N–H and O–H groups in total. The van der Waals surface area contributed by atoms with Crippen LogP contribution in [0.15, 0.2) is 18.2 Å². The maximum Gasteiger partial charge on any atom is 0.319 e. The number of anilines is 1. The van der Waals surface area contributed by atoms with Crippen LogP contribution in [-0.2, 0) is 0 Å². The quantitative estimate of drug-likeness (QED) is 0.719. The van der Waals surface area contributed by atoms with Crippen molar-refractivity contribution in [3.8, 4) is 5.75 Å². The monoisotopic (exact) mass is 268 g/mol. The number of hydrogen-bond donors (Lipinski definition) is 3. The smallest absolute Gasteiger partial charge is 0.319 e. The molecule has 0 aliphatic heterocycles. The van der Waals surface area contributed by atoms with Crippen molar-refractivity contribution >= 4 is 23.3 Å². The first-order valence-corrected chi connectivity index (χ1v) is 6.59. The molecule has 0 atom stereocenters. The molecule has 0 unspecified atom stereocenters. The Bertz CT molecular complexity index is 431. The van der Waals surface area contributed by atoms with Crippen LogP contribution in [-0.4, -0.2) is 17.2 Å². The molecule has 4 nitrogen and oxygen atoms in total. The van der Waals surface area contributed by atoms with Crippen LogP contribution < -0.4 is 10.6 Å². The molecule has 1 aromatic rings. The van der Waals surface area contributed by atoms with E-state index in [1.54, 1.807) is 18.2 Å². The highest BCUT2D eigenvalue weighted by molar-refractivity contribution is 6.32. The molecule has 1 aliphatic rings. The van der Waals surface area contributed by atoms with Crippen LogP contribution in [0.3, 0.4) is 0 Å². The Kier molecular flexibility index (Phi) is 4.31. The largest absolute Gasteiger partial charge is 0.504 e. The lowest BCUT2D eigenvalue weighted by Gasteiger charge is -2.23. The molecular weight excluding hydrogens is 252 g/mol. The van der Waals surface area contributed by atoms with Gasteiger partial charge in [0.2, 0.25) is 0 Å². The first-order valence-electron chi connectivity index (χ1n) is 6.22. The van der Waals surface area contributed by atoms with Crippen molar-refractivity contribution < 1.29 is 9.90 Å². The van der Waals surface area contributed by atoms with Crippen molar-refractivity contribution in [2.24, 2.45) is 0 Å². The van der Waals surface area contributed by atoms with Gasteiger partial charge in [-0.25, -0.2) is 4.79 Å². The number of urea groups is 1. The number of amides is 2. The average molecular weight is 269 g/mol. The van der Waals surface area contributed by atoms with Crippen LogP contribution in [0.1, 0.15) is 32.1 Å². The van der Waals surface area contributed by atoms with Gasteiger partial charge in [0.25, 0.3) is 0 Å². The molecule has 1 aliphatic carbocycles. The molecule has 1 saturated carbocycles. The molecule has 0 aromatic heterocycles. The van der Waals surface area contributed by atoms with Crippen molar-refractivity contribution in [1.82, 2.24) is 5.32 Å². The molecule has 1 aromatic carbocycles. The summed E-state index contributed by atoms with van der Waals surface area (Å²) >= 11 is 5.77. The van der Waals surface area contributed by atoms with Gasteiger partial charge in [-0.3, -0.25) is 0 Å². The van der Waals surface area contributed by atoms with Gasteiger partial charge in [-0.05, 0) is 25.0 Å². The minimum atomic E-state index is -0.292. The van der Waals surface area contributed by atoms with Crippen molar-refractivity contribution in [2.45, 2.75) is 38.1 Å². The highest BCUT2D eigenvalue weighted by Gasteiger charge is 2.16. The summed E-state index contributed by atoms with van der Waals surface area (Å²) in [6.07, 6.45) is 5.61. The third kappa shape index (κ3) is 3.29. The zero-order valence-electron chi connectivity index (χ0n) is 10.1. The minimum Gasteiger partial charge on any atom is -0.504 e. The van der Waals surface area contributed by atoms with Gasteiger partial charge >= 0.3 is 6.03 Å². The summed E-state index contributed by atoms with van der Waals surface area (Å²) < 4.78 is 0. The summed E-state index contributed by atoms with van der Waals surface area (Å²) in [6.45, 7) is 0. The highest BCUT2D eigenvalue weighted by atomic mass is 35.5. The number of aromatic hydroxyl groups is 1. The standard InChI is InChI=1S/C13H17ClN2O2/c14-10-7-4-8-11(12(10)17)16-13(18)15-9-5-2-1-3-6-9/h4,7-9,17H,1-3,5-6H2,(H2,15,16,18). The summed E-state index contributed by atoms with van der Waals surface area (Å²) in [4.78, 5) is 11.8. The van der Waals surface area contributed by atoms with Crippen molar-refractivity contribution in [3.63, 3.8) is 0 Å². The Labute approximate surface area is 111 Å². The van der Waals surface area contributed by atoms with Gasteiger partial charge in [-0.15, -0.1) is 0 Å². The lowest BCUT2D eigenvalue weighted by atomic mass is 9.96. The fourth-order valence-electron chi connectivity index (χ4n) is 2.21. The Morgan fingerprint density at radius 3 is 2.72 bits per heavy atom. The first kappa shape index (κ1) is 13.0. The summed E-state index contributed by atoms with van der Waals surface area (Å²) in [5, 5.41) is 15.4. The number of phenols is 1. The molecule has 0 spiro atoms. The summed E-state index contributed by atoms with van der Waals surface area (Å²) in [6, 6.07) is 4.81. The van der Waals surface area contributed by atoms with Crippen molar-refractivity contribution in [3.05, 3.63) is 23.2 Å². The molecule has 2 amide bonds. The van der Waals surface area contributed by atoms with E-state index in [0.29, 0.717) is 5.69 Å². The number of para-hydroxylation sites is 1. The lowest BCUT2D eigenvalue weighted by molar-refractivity contribution is 0.244. The van der Waals surface area contributed by atoms with Crippen LogP contribution in [0.4, 0.5) is 10.5 Å². The number of carbonyl (C=O) groups excluding carboxylic acids is 1. The van der Waals surface area contributed by atoms with E-state index >= 15 is 0 Å². The van der Waals surface area contributed by atoms with E-state index in [4.69, 9.17) is 11.6 Å². The maximum absolute atomic E-state index is 11.8. The van der Waals surface area contributed by atoms with E-state index in [1.807, 2.05) is 0 Å². The Morgan fingerprint density at radius 1 is 1.28 bits per heavy atom. The molecule has 0 heterocycles. The highest BCUT2D eigenvalue weighted by Crippen LogP contribution is 2.31.